The number of halogens is 4. The molecule has 3 aromatic rings. The Morgan fingerprint density at radius 1 is 1.26 bits per heavy atom. The lowest BCUT2D eigenvalue weighted by Gasteiger charge is -2.18. The van der Waals surface area contributed by atoms with Crippen molar-refractivity contribution in [3.8, 4) is 5.69 Å². The molecule has 142 valence electrons. The molecule has 1 amide bonds. The van der Waals surface area contributed by atoms with E-state index in [-0.39, 0.29) is 17.3 Å². The molecule has 1 aromatic carbocycles. The molecule has 0 saturated heterocycles. The largest absolute Gasteiger partial charge is 0.434 e. The Morgan fingerprint density at radius 2 is 2.00 bits per heavy atom. The van der Waals surface area contributed by atoms with Gasteiger partial charge in [0, 0.05) is 37.4 Å². The second-order valence-corrected chi connectivity index (χ2v) is 6.42. The Kier molecular flexibility index (Phi) is 4.97. The van der Waals surface area contributed by atoms with Crippen LogP contribution < -0.4 is 0 Å². The lowest BCUT2D eigenvalue weighted by molar-refractivity contribution is -0.143. The lowest BCUT2D eigenvalue weighted by atomic mass is 10.2. The molecule has 0 aliphatic carbocycles. The first-order chi connectivity index (χ1) is 12.7. The molecule has 3 rings (SSSR count). The van der Waals surface area contributed by atoms with Crippen molar-refractivity contribution >= 4 is 17.5 Å². The molecule has 0 radical (unpaired) electrons. The number of rotatable bonds is 4. The number of aromatic nitrogens is 4. The van der Waals surface area contributed by atoms with Crippen LogP contribution in [0.5, 0.6) is 0 Å². The maximum atomic E-state index is 13.7. The van der Waals surface area contributed by atoms with Gasteiger partial charge in [0.05, 0.1) is 23.6 Å². The van der Waals surface area contributed by atoms with E-state index in [0.717, 1.165) is 6.20 Å². The molecule has 6 nitrogen and oxygen atoms in total. The van der Waals surface area contributed by atoms with Gasteiger partial charge in [0.15, 0.2) is 5.69 Å². The van der Waals surface area contributed by atoms with Crippen LogP contribution in [0, 0.1) is 0 Å². The van der Waals surface area contributed by atoms with E-state index in [0.29, 0.717) is 10.2 Å². The summed E-state index contributed by atoms with van der Waals surface area (Å²) in [7, 11) is 3.13. The van der Waals surface area contributed by atoms with Gasteiger partial charge >= 0.3 is 6.18 Å². The average Bonchev–Trinajstić information content (AvgIpc) is 3.20. The average molecular weight is 398 g/mol. The van der Waals surface area contributed by atoms with Gasteiger partial charge in [-0.3, -0.25) is 9.48 Å². The van der Waals surface area contributed by atoms with Gasteiger partial charge in [0.1, 0.15) is 0 Å². The van der Waals surface area contributed by atoms with Crippen molar-refractivity contribution in [3.63, 3.8) is 0 Å². The molecule has 0 unspecified atom stereocenters. The van der Waals surface area contributed by atoms with Crippen LogP contribution in [-0.2, 0) is 19.8 Å². The zero-order chi connectivity index (χ0) is 19.8. The number of carbonyl (C=O) groups excluding carboxylic acids is 1. The Bertz CT molecular complexity index is 979. The van der Waals surface area contributed by atoms with Crippen LogP contribution in [-0.4, -0.2) is 37.4 Å². The van der Waals surface area contributed by atoms with Crippen molar-refractivity contribution < 1.29 is 18.0 Å². The molecule has 0 fully saturated rings. The van der Waals surface area contributed by atoms with Crippen molar-refractivity contribution in [2.75, 3.05) is 7.05 Å². The maximum absolute atomic E-state index is 13.7. The molecule has 0 aliphatic heterocycles. The van der Waals surface area contributed by atoms with Gasteiger partial charge in [-0.2, -0.15) is 23.4 Å². The fourth-order valence-corrected chi connectivity index (χ4v) is 2.87. The van der Waals surface area contributed by atoms with Crippen LogP contribution in [0.1, 0.15) is 21.6 Å². The van der Waals surface area contributed by atoms with Crippen LogP contribution >= 0.6 is 11.6 Å². The first-order valence-electron chi connectivity index (χ1n) is 7.81. The number of hydrogen-bond donors (Lipinski definition) is 0. The normalized spacial score (nSPS) is 11.6. The number of aryl methyl sites for hydroxylation is 1. The summed E-state index contributed by atoms with van der Waals surface area (Å²) in [5.74, 6) is -0.792. The van der Waals surface area contributed by atoms with Gasteiger partial charge < -0.3 is 4.90 Å². The molecule has 0 atom stereocenters. The minimum atomic E-state index is -4.78. The van der Waals surface area contributed by atoms with E-state index in [4.69, 9.17) is 11.6 Å². The number of nitrogens with zero attached hydrogens (tertiary/aromatic N) is 5. The number of hydrogen-bond acceptors (Lipinski definition) is 3. The number of amides is 1. The predicted molar refractivity (Wildman–Crippen MR) is 92.6 cm³/mol. The van der Waals surface area contributed by atoms with Crippen molar-refractivity contribution in [2.45, 2.75) is 12.7 Å². The molecule has 0 saturated carbocycles. The van der Waals surface area contributed by atoms with E-state index < -0.39 is 23.3 Å². The van der Waals surface area contributed by atoms with E-state index in [1.54, 1.807) is 24.1 Å². The van der Waals surface area contributed by atoms with E-state index in [1.807, 2.05) is 0 Å². The van der Waals surface area contributed by atoms with Gasteiger partial charge in [-0.1, -0.05) is 17.7 Å². The second-order valence-electron chi connectivity index (χ2n) is 5.98. The minimum absolute atomic E-state index is 0.115. The SMILES string of the molecule is CN(Cc1cnn(C)c1)C(=O)c1cnn(-c2cccc(Cl)c2)c1C(F)(F)F. The molecule has 0 spiro atoms. The highest BCUT2D eigenvalue weighted by Gasteiger charge is 2.41. The Hall–Kier alpha value is -2.81. The van der Waals surface area contributed by atoms with E-state index in [1.165, 1.54) is 36.2 Å². The first kappa shape index (κ1) is 19.0. The Morgan fingerprint density at radius 3 is 2.59 bits per heavy atom. The summed E-state index contributed by atoms with van der Waals surface area (Å²) in [6.45, 7) is 0.117. The van der Waals surface area contributed by atoms with Gasteiger partial charge in [0.25, 0.3) is 5.91 Å². The van der Waals surface area contributed by atoms with Crippen LogP contribution in [0.15, 0.2) is 42.9 Å². The molecule has 27 heavy (non-hydrogen) atoms. The van der Waals surface area contributed by atoms with Crippen LogP contribution in [0.2, 0.25) is 5.02 Å². The predicted octanol–water partition coefficient (Wildman–Crippen LogP) is 3.55. The van der Waals surface area contributed by atoms with Gasteiger partial charge in [-0.25, -0.2) is 4.68 Å². The summed E-state index contributed by atoms with van der Waals surface area (Å²) < 4.78 is 43.3. The van der Waals surface area contributed by atoms with Crippen LogP contribution in [0.25, 0.3) is 5.69 Å². The van der Waals surface area contributed by atoms with E-state index >= 15 is 0 Å². The van der Waals surface area contributed by atoms with E-state index in [9.17, 15) is 18.0 Å². The lowest BCUT2D eigenvalue weighted by Crippen LogP contribution is -2.28. The van der Waals surface area contributed by atoms with Crippen molar-refractivity contribution in [3.05, 3.63) is 64.7 Å². The standard InChI is InChI=1S/C17H15ClF3N5O/c1-24(9-11-7-22-25(2)10-11)16(27)14-8-23-26(15(14)17(19,20)21)13-5-3-4-12(18)6-13/h3-8,10H,9H2,1-2H3. The topological polar surface area (TPSA) is 56.0 Å². The number of alkyl halides is 3. The monoisotopic (exact) mass is 397 g/mol. The van der Waals surface area contributed by atoms with E-state index in [2.05, 4.69) is 10.2 Å². The second kappa shape index (κ2) is 7.07. The molecule has 0 aliphatic rings. The summed E-state index contributed by atoms with van der Waals surface area (Å²) in [6.07, 6.45) is -0.627. The maximum Gasteiger partial charge on any atom is 0.434 e. The first-order valence-corrected chi connectivity index (χ1v) is 8.19. The van der Waals surface area contributed by atoms with Crippen LogP contribution in [0.4, 0.5) is 13.2 Å². The summed E-state index contributed by atoms with van der Waals surface area (Å²) in [5.41, 5.74) is -0.866. The summed E-state index contributed by atoms with van der Waals surface area (Å²) in [6, 6.07) is 5.82. The zero-order valence-corrected chi connectivity index (χ0v) is 15.2. The highest BCUT2D eigenvalue weighted by molar-refractivity contribution is 6.30. The third kappa shape index (κ3) is 3.97. The fraction of sp³-hybridized carbons (Fsp3) is 0.235. The highest BCUT2D eigenvalue weighted by atomic mass is 35.5. The summed E-state index contributed by atoms with van der Waals surface area (Å²) in [4.78, 5) is 13.8. The molecule has 0 N–H and O–H groups in total. The summed E-state index contributed by atoms with van der Waals surface area (Å²) >= 11 is 5.87. The quantitative estimate of drug-likeness (QED) is 0.676. The Balaban J connectivity index is 1.98. The third-order valence-corrected chi connectivity index (χ3v) is 4.08. The molecule has 0 bridgehead atoms. The minimum Gasteiger partial charge on any atom is -0.337 e. The fourth-order valence-electron chi connectivity index (χ4n) is 2.69. The van der Waals surface area contributed by atoms with Gasteiger partial charge in [-0.05, 0) is 18.2 Å². The van der Waals surface area contributed by atoms with Crippen LogP contribution in [0.3, 0.4) is 0 Å². The highest BCUT2D eigenvalue weighted by Crippen LogP contribution is 2.34. The van der Waals surface area contributed by atoms with Gasteiger partial charge in [-0.15, -0.1) is 0 Å². The Labute approximate surface area is 157 Å². The summed E-state index contributed by atoms with van der Waals surface area (Å²) in [5, 5.41) is 8.02. The zero-order valence-electron chi connectivity index (χ0n) is 14.4. The number of benzene rings is 1. The van der Waals surface area contributed by atoms with Crippen molar-refractivity contribution in [2.24, 2.45) is 7.05 Å². The smallest absolute Gasteiger partial charge is 0.337 e. The molecule has 2 heterocycles. The van der Waals surface area contributed by atoms with Crippen molar-refractivity contribution in [1.82, 2.24) is 24.5 Å². The van der Waals surface area contributed by atoms with Crippen molar-refractivity contribution in [1.29, 1.82) is 0 Å². The molecule has 10 heteroatoms. The third-order valence-electron chi connectivity index (χ3n) is 3.85. The van der Waals surface area contributed by atoms with Gasteiger partial charge in [0.2, 0.25) is 0 Å². The molecular formula is C17H15ClF3N5O. The number of carbonyl (C=O) groups is 1. The molecular weight excluding hydrogens is 383 g/mol. The molecule has 2 aromatic heterocycles.